The molecule has 1 aliphatic heterocycles. The maximum absolute atomic E-state index is 12.9. The summed E-state index contributed by atoms with van der Waals surface area (Å²) >= 11 is 12.5. The van der Waals surface area contributed by atoms with Gasteiger partial charge in [0, 0.05) is 12.1 Å². The summed E-state index contributed by atoms with van der Waals surface area (Å²) in [4.78, 5) is 14.8. The van der Waals surface area contributed by atoms with Crippen LogP contribution in [0.15, 0.2) is 18.2 Å². The lowest BCUT2D eigenvalue weighted by atomic mass is 9.81. The molecule has 114 valence electrons. The Morgan fingerprint density at radius 2 is 2.00 bits per heavy atom. The largest absolute Gasteiger partial charge is 0.322 e. The van der Waals surface area contributed by atoms with Crippen LogP contribution in [-0.2, 0) is 4.79 Å². The van der Waals surface area contributed by atoms with Crippen LogP contribution in [0.25, 0.3) is 0 Å². The van der Waals surface area contributed by atoms with Gasteiger partial charge in [-0.25, -0.2) is 0 Å². The van der Waals surface area contributed by atoms with Gasteiger partial charge in [-0.05, 0) is 25.8 Å². The van der Waals surface area contributed by atoms with Crippen LogP contribution >= 0.6 is 23.2 Å². The number of rotatable bonds is 2. The summed E-state index contributed by atoms with van der Waals surface area (Å²) in [6.45, 7) is 2.67. The van der Waals surface area contributed by atoms with Gasteiger partial charge in [0.05, 0.1) is 15.6 Å². The Balaban J connectivity index is 1.98. The van der Waals surface area contributed by atoms with E-state index in [1.807, 2.05) is 24.0 Å². The summed E-state index contributed by atoms with van der Waals surface area (Å²) in [7, 11) is 0. The number of amides is 1. The lowest BCUT2D eigenvalue weighted by Crippen LogP contribution is -2.48. The predicted molar refractivity (Wildman–Crippen MR) is 85.5 cm³/mol. The number of carbonyl (C=O) groups excluding carboxylic acids is 1. The van der Waals surface area contributed by atoms with E-state index >= 15 is 0 Å². The van der Waals surface area contributed by atoms with Crippen molar-refractivity contribution in [1.29, 1.82) is 0 Å². The molecule has 3 rings (SSSR count). The number of hydrogen-bond acceptors (Lipinski definition) is 2. The first-order valence-electron chi connectivity index (χ1n) is 7.62. The number of hydrogen-bond donors (Lipinski definition) is 1. The fraction of sp³-hybridized carbons (Fsp3) is 0.562. The van der Waals surface area contributed by atoms with Gasteiger partial charge in [0.25, 0.3) is 0 Å². The lowest BCUT2D eigenvalue weighted by Gasteiger charge is -2.31. The molecule has 2 fully saturated rings. The van der Waals surface area contributed by atoms with E-state index < -0.39 is 5.54 Å². The van der Waals surface area contributed by atoms with Crippen LogP contribution in [0.2, 0.25) is 10.0 Å². The van der Waals surface area contributed by atoms with Gasteiger partial charge in [0.1, 0.15) is 6.17 Å². The number of halogens is 2. The van der Waals surface area contributed by atoms with E-state index in [1.54, 1.807) is 6.07 Å². The zero-order valence-electron chi connectivity index (χ0n) is 12.2. The van der Waals surface area contributed by atoms with Crippen molar-refractivity contribution in [1.82, 2.24) is 10.2 Å². The molecule has 1 atom stereocenters. The smallest absolute Gasteiger partial charge is 0.244 e. The summed E-state index contributed by atoms with van der Waals surface area (Å²) < 4.78 is 0. The molecular weight excluding hydrogens is 307 g/mol. The number of nitrogens with zero attached hydrogens (tertiary/aromatic N) is 1. The van der Waals surface area contributed by atoms with Crippen LogP contribution in [-0.4, -0.2) is 22.9 Å². The van der Waals surface area contributed by atoms with Crippen molar-refractivity contribution in [3.63, 3.8) is 0 Å². The molecule has 1 saturated heterocycles. The summed E-state index contributed by atoms with van der Waals surface area (Å²) in [6.07, 6.45) is 5.07. The van der Waals surface area contributed by atoms with Gasteiger partial charge < -0.3 is 4.90 Å². The summed E-state index contributed by atoms with van der Waals surface area (Å²) in [5.41, 5.74) is 0.492. The number of likely N-dealkylation sites (N-methyl/N-ethyl adjacent to an activating group) is 1. The Labute approximate surface area is 135 Å². The lowest BCUT2D eigenvalue weighted by molar-refractivity contribution is -0.134. The van der Waals surface area contributed by atoms with Crippen LogP contribution in [0.4, 0.5) is 0 Å². The highest BCUT2D eigenvalue weighted by atomic mass is 35.5. The first kappa shape index (κ1) is 15.1. The molecule has 1 N–H and O–H groups in total. The fourth-order valence-corrected chi connectivity index (χ4v) is 4.02. The first-order valence-corrected chi connectivity index (χ1v) is 8.37. The molecule has 1 spiro atoms. The third-order valence-electron chi connectivity index (χ3n) is 4.72. The van der Waals surface area contributed by atoms with E-state index in [0.717, 1.165) is 31.2 Å². The summed E-state index contributed by atoms with van der Waals surface area (Å²) in [5.74, 6) is 0.214. The van der Waals surface area contributed by atoms with Crippen molar-refractivity contribution < 1.29 is 4.79 Å². The van der Waals surface area contributed by atoms with Gasteiger partial charge in [0.2, 0.25) is 5.91 Å². The summed E-state index contributed by atoms with van der Waals surface area (Å²) in [6, 6.07) is 5.61. The van der Waals surface area contributed by atoms with E-state index in [-0.39, 0.29) is 12.1 Å². The molecule has 0 bridgehead atoms. The molecule has 1 aromatic carbocycles. The van der Waals surface area contributed by atoms with E-state index in [4.69, 9.17) is 23.2 Å². The number of carbonyl (C=O) groups is 1. The highest BCUT2D eigenvalue weighted by Gasteiger charge is 2.51. The summed E-state index contributed by atoms with van der Waals surface area (Å²) in [5, 5.41) is 4.64. The molecule has 3 nitrogen and oxygen atoms in total. The highest BCUT2D eigenvalue weighted by Crippen LogP contribution is 2.42. The highest BCUT2D eigenvalue weighted by molar-refractivity contribution is 6.42. The van der Waals surface area contributed by atoms with Gasteiger partial charge in [0.15, 0.2) is 0 Å². The van der Waals surface area contributed by atoms with E-state index in [0.29, 0.717) is 16.6 Å². The van der Waals surface area contributed by atoms with Crippen LogP contribution < -0.4 is 5.32 Å². The Morgan fingerprint density at radius 3 is 2.67 bits per heavy atom. The molecule has 1 saturated carbocycles. The van der Waals surface area contributed by atoms with Crippen molar-refractivity contribution >= 4 is 29.1 Å². The maximum Gasteiger partial charge on any atom is 0.244 e. The number of benzene rings is 1. The normalized spacial score (nSPS) is 24.8. The fourth-order valence-electron chi connectivity index (χ4n) is 3.61. The van der Waals surface area contributed by atoms with Crippen molar-refractivity contribution in [2.45, 2.75) is 50.7 Å². The van der Waals surface area contributed by atoms with Crippen molar-refractivity contribution in [3.05, 3.63) is 33.8 Å². The van der Waals surface area contributed by atoms with E-state index in [2.05, 4.69) is 5.32 Å². The van der Waals surface area contributed by atoms with Gasteiger partial charge in [-0.1, -0.05) is 54.6 Å². The third-order valence-corrected chi connectivity index (χ3v) is 5.55. The van der Waals surface area contributed by atoms with Gasteiger partial charge in [-0.15, -0.1) is 0 Å². The van der Waals surface area contributed by atoms with E-state index in [1.165, 1.54) is 6.42 Å². The molecule has 1 unspecified atom stereocenters. The average molecular weight is 327 g/mol. The third kappa shape index (κ3) is 2.45. The molecule has 1 aliphatic carbocycles. The quantitative estimate of drug-likeness (QED) is 0.885. The van der Waals surface area contributed by atoms with Crippen LogP contribution in [0.1, 0.15) is 50.8 Å². The minimum absolute atomic E-state index is 0.174. The second-order valence-electron chi connectivity index (χ2n) is 5.92. The van der Waals surface area contributed by atoms with E-state index in [9.17, 15) is 4.79 Å². The Hall–Kier alpha value is -0.770. The predicted octanol–water partition coefficient (Wildman–Crippen LogP) is 4.15. The Bertz CT molecular complexity index is 555. The van der Waals surface area contributed by atoms with Crippen molar-refractivity contribution in [2.75, 3.05) is 6.54 Å². The molecule has 2 aliphatic rings. The molecule has 1 amide bonds. The van der Waals surface area contributed by atoms with Gasteiger partial charge in [-0.3, -0.25) is 10.1 Å². The van der Waals surface area contributed by atoms with Crippen LogP contribution in [0.3, 0.4) is 0 Å². The standard InChI is InChI=1S/C16H20Cl2N2O/c1-2-20-14(11-7-6-8-12(17)13(11)18)19-16(15(20)21)9-4-3-5-10-16/h6-8,14,19H,2-5,9-10H2,1H3. The zero-order chi connectivity index (χ0) is 15.0. The maximum atomic E-state index is 12.9. The minimum atomic E-state index is -0.398. The van der Waals surface area contributed by atoms with Crippen LogP contribution in [0.5, 0.6) is 0 Å². The molecule has 1 aromatic rings. The van der Waals surface area contributed by atoms with Crippen molar-refractivity contribution in [3.8, 4) is 0 Å². The zero-order valence-corrected chi connectivity index (χ0v) is 13.7. The second kappa shape index (κ2) is 5.79. The molecule has 5 heteroatoms. The SMILES string of the molecule is CCN1C(=O)C2(CCCCC2)NC1c1cccc(Cl)c1Cl. The molecule has 1 heterocycles. The molecule has 0 radical (unpaired) electrons. The van der Waals surface area contributed by atoms with Gasteiger partial charge >= 0.3 is 0 Å². The molecular formula is C16H20Cl2N2O. The topological polar surface area (TPSA) is 32.3 Å². The number of nitrogens with one attached hydrogen (secondary N) is 1. The molecule has 0 aromatic heterocycles. The average Bonchev–Trinajstić information content (AvgIpc) is 2.75. The monoisotopic (exact) mass is 326 g/mol. The Kier molecular flexibility index (Phi) is 4.17. The minimum Gasteiger partial charge on any atom is -0.322 e. The Morgan fingerprint density at radius 1 is 1.29 bits per heavy atom. The van der Waals surface area contributed by atoms with Gasteiger partial charge in [-0.2, -0.15) is 0 Å². The first-order chi connectivity index (χ1) is 10.1. The van der Waals surface area contributed by atoms with Crippen LogP contribution in [0, 0.1) is 0 Å². The second-order valence-corrected chi connectivity index (χ2v) is 6.71. The van der Waals surface area contributed by atoms with Crippen molar-refractivity contribution in [2.24, 2.45) is 0 Å². The molecule has 21 heavy (non-hydrogen) atoms.